The molecule has 0 radical (unpaired) electrons. The summed E-state index contributed by atoms with van der Waals surface area (Å²) in [7, 11) is 0. The Bertz CT molecular complexity index is 805. The third-order valence-corrected chi connectivity index (χ3v) is 3.57. The number of carbonyl (C=O) groups excluding carboxylic acids is 1. The molecule has 3 rings (SSSR count). The molecule has 0 aliphatic rings. The second-order valence-corrected chi connectivity index (χ2v) is 5.26. The lowest BCUT2D eigenvalue weighted by Gasteiger charge is -2.07. The zero-order valence-electron chi connectivity index (χ0n) is 12.1. The predicted octanol–water partition coefficient (Wildman–Crippen LogP) is 3.36. The molecule has 4 nitrogen and oxygen atoms in total. The van der Waals surface area contributed by atoms with Gasteiger partial charge in [-0.1, -0.05) is 23.8 Å². The summed E-state index contributed by atoms with van der Waals surface area (Å²) in [5.41, 5.74) is 4.95. The first-order valence-corrected chi connectivity index (χ1v) is 6.91. The zero-order valence-corrected chi connectivity index (χ0v) is 12.1. The van der Waals surface area contributed by atoms with E-state index in [9.17, 15) is 4.79 Å². The fourth-order valence-electron chi connectivity index (χ4n) is 2.47. The normalized spacial score (nSPS) is 10.8. The number of amides is 1. The number of aryl methyl sites for hydroxylation is 2. The van der Waals surface area contributed by atoms with E-state index in [0.717, 1.165) is 27.8 Å². The summed E-state index contributed by atoms with van der Waals surface area (Å²) in [6.07, 6.45) is 3.87. The van der Waals surface area contributed by atoms with E-state index in [4.69, 9.17) is 0 Å². The summed E-state index contributed by atoms with van der Waals surface area (Å²) in [6, 6.07) is 9.94. The van der Waals surface area contributed by atoms with Crippen molar-refractivity contribution < 1.29 is 4.79 Å². The lowest BCUT2D eigenvalue weighted by Crippen LogP contribution is -2.14. The van der Waals surface area contributed by atoms with Crippen LogP contribution >= 0.6 is 0 Å². The monoisotopic (exact) mass is 279 g/mol. The lowest BCUT2D eigenvalue weighted by molar-refractivity contribution is -0.115. The molecule has 0 unspecified atom stereocenters. The van der Waals surface area contributed by atoms with E-state index < -0.39 is 0 Å². The number of benzene rings is 1. The molecule has 0 atom stereocenters. The number of rotatable bonds is 3. The average Bonchev–Trinajstić information content (AvgIpc) is 2.85. The number of anilines is 1. The minimum Gasteiger partial charge on any atom is -0.344 e. The number of pyridine rings is 1. The van der Waals surface area contributed by atoms with Gasteiger partial charge in [-0.25, -0.2) is 4.98 Å². The molecule has 4 heteroatoms. The maximum absolute atomic E-state index is 12.2. The van der Waals surface area contributed by atoms with Crippen LogP contribution in [0.15, 0.2) is 42.7 Å². The van der Waals surface area contributed by atoms with Crippen molar-refractivity contribution in [2.75, 3.05) is 5.32 Å². The Labute approximate surface area is 123 Å². The van der Waals surface area contributed by atoms with Gasteiger partial charge in [0, 0.05) is 17.8 Å². The smallest absolute Gasteiger partial charge is 0.228 e. The molecule has 0 aliphatic carbocycles. The molecule has 21 heavy (non-hydrogen) atoms. The fourth-order valence-corrected chi connectivity index (χ4v) is 2.47. The van der Waals surface area contributed by atoms with Crippen LogP contribution in [0.1, 0.15) is 16.7 Å². The van der Waals surface area contributed by atoms with Gasteiger partial charge in [-0.3, -0.25) is 4.79 Å². The van der Waals surface area contributed by atoms with Crippen LogP contribution in [0, 0.1) is 13.8 Å². The maximum Gasteiger partial charge on any atom is 0.228 e. The molecule has 1 amide bonds. The molecule has 2 heterocycles. The van der Waals surface area contributed by atoms with Gasteiger partial charge in [-0.2, -0.15) is 0 Å². The van der Waals surface area contributed by atoms with Crippen LogP contribution in [0.4, 0.5) is 5.69 Å². The molecule has 106 valence electrons. The molecule has 1 aromatic carbocycles. The number of nitrogens with zero attached hydrogens (tertiary/aromatic N) is 1. The highest BCUT2D eigenvalue weighted by molar-refractivity contribution is 6.01. The summed E-state index contributed by atoms with van der Waals surface area (Å²) < 4.78 is 0. The van der Waals surface area contributed by atoms with Crippen LogP contribution in [-0.2, 0) is 11.2 Å². The first-order valence-electron chi connectivity index (χ1n) is 6.91. The van der Waals surface area contributed by atoms with Crippen molar-refractivity contribution in [2.45, 2.75) is 20.3 Å². The molecule has 0 bridgehead atoms. The Morgan fingerprint density at radius 2 is 2.14 bits per heavy atom. The number of fused-ring (bicyclic) bond motifs is 1. The highest BCUT2D eigenvalue weighted by atomic mass is 16.1. The molecule has 3 aromatic rings. The number of carbonyl (C=O) groups is 1. The van der Waals surface area contributed by atoms with Crippen LogP contribution < -0.4 is 5.32 Å². The van der Waals surface area contributed by atoms with Gasteiger partial charge < -0.3 is 10.3 Å². The topological polar surface area (TPSA) is 57.8 Å². The van der Waals surface area contributed by atoms with E-state index in [2.05, 4.69) is 28.3 Å². The number of H-pyrrole nitrogens is 1. The Balaban J connectivity index is 1.77. The molecule has 0 saturated carbocycles. The minimum atomic E-state index is -0.0216. The van der Waals surface area contributed by atoms with E-state index in [1.807, 2.05) is 31.2 Å². The Hall–Kier alpha value is -2.62. The van der Waals surface area contributed by atoms with Crippen LogP contribution in [0.2, 0.25) is 0 Å². The van der Waals surface area contributed by atoms with Gasteiger partial charge in [0.25, 0.3) is 0 Å². The number of aromatic nitrogens is 2. The fraction of sp³-hybridized carbons (Fsp3) is 0.176. The third-order valence-electron chi connectivity index (χ3n) is 3.57. The van der Waals surface area contributed by atoms with Crippen LogP contribution in [0.5, 0.6) is 0 Å². The molecule has 2 aromatic heterocycles. The quantitative estimate of drug-likeness (QED) is 0.772. The molecule has 0 saturated heterocycles. The standard InChI is InChI=1S/C17H17N3O/c1-11-5-6-13(12(2)8-11)9-16(21)20-15-10-19-17-14(15)4-3-7-18-17/h3-8,10H,9H2,1-2H3,(H,18,19)(H,20,21). The van der Waals surface area contributed by atoms with Crippen LogP contribution in [0.3, 0.4) is 0 Å². The lowest BCUT2D eigenvalue weighted by atomic mass is 10.0. The molecular weight excluding hydrogens is 262 g/mol. The number of nitrogens with one attached hydrogen (secondary N) is 2. The summed E-state index contributed by atoms with van der Waals surface area (Å²) in [5.74, 6) is -0.0216. The highest BCUT2D eigenvalue weighted by Gasteiger charge is 2.10. The SMILES string of the molecule is Cc1ccc(CC(=O)Nc2c[nH]c3ncccc23)c(C)c1. The van der Waals surface area contributed by atoms with Crippen LogP contribution in [0.25, 0.3) is 11.0 Å². The van der Waals surface area contributed by atoms with Crippen LogP contribution in [-0.4, -0.2) is 15.9 Å². The zero-order chi connectivity index (χ0) is 14.8. The Morgan fingerprint density at radius 1 is 1.29 bits per heavy atom. The van der Waals surface area contributed by atoms with E-state index in [-0.39, 0.29) is 5.91 Å². The van der Waals surface area contributed by atoms with Gasteiger partial charge in [0.2, 0.25) is 5.91 Å². The summed E-state index contributed by atoms with van der Waals surface area (Å²) in [6.45, 7) is 4.08. The first-order chi connectivity index (χ1) is 10.1. The van der Waals surface area contributed by atoms with Crippen molar-refractivity contribution in [3.05, 3.63) is 59.4 Å². The summed E-state index contributed by atoms with van der Waals surface area (Å²) in [4.78, 5) is 19.5. The average molecular weight is 279 g/mol. The maximum atomic E-state index is 12.2. The van der Waals surface area contributed by atoms with Gasteiger partial charge in [0.1, 0.15) is 5.65 Å². The van der Waals surface area contributed by atoms with Gasteiger partial charge in [-0.05, 0) is 37.1 Å². The molecular formula is C17H17N3O. The summed E-state index contributed by atoms with van der Waals surface area (Å²) in [5, 5.41) is 3.87. The van der Waals surface area contributed by atoms with E-state index in [1.165, 1.54) is 5.56 Å². The summed E-state index contributed by atoms with van der Waals surface area (Å²) >= 11 is 0. The van der Waals surface area contributed by atoms with Crippen molar-refractivity contribution in [1.82, 2.24) is 9.97 Å². The van der Waals surface area contributed by atoms with Gasteiger partial charge in [-0.15, -0.1) is 0 Å². The number of aromatic amines is 1. The Kier molecular flexibility index (Phi) is 3.44. The van der Waals surface area contributed by atoms with Crippen molar-refractivity contribution in [3.63, 3.8) is 0 Å². The second kappa shape index (κ2) is 5.40. The highest BCUT2D eigenvalue weighted by Crippen LogP contribution is 2.21. The minimum absolute atomic E-state index is 0.0216. The van der Waals surface area contributed by atoms with Crippen molar-refractivity contribution in [1.29, 1.82) is 0 Å². The van der Waals surface area contributed by atoms with Gasteiger partial charge >= 0.3 is 0 Å². The Morgan fingerprint density at radius 3 is 2.95 bits per heavy atom. The molecule has 0 fully saturated rings. The predicted molar refractivity (Wildman–Crippen MR) is 84.3 cm³/mol. The van der Waals surface area contributed by atoms with Crippen molar-refractivity contribution >= 4 is 22.6 Å². The molecule has 0 spiro atoms. The van der Waals surface area contributed by atoms with E-state index in [1.54, 1.807) is 12.4 Å². The molecule has 0 aliphatic heterocycles. The van der Waals surface area contributed by atoms with Gasteiger partial charge in [0.05, 0.1) is 12.1 Å². The largest absolute Gasteiger partial charge is 0.344 e. The number of hydrogen-bond donors (Lipinski definition) is 2. The van der Waals surface area contributed by atoms with Gasteiger partial charge in [0.15, 0.2) is 0 Å². The van der Waals surface area contributed by atoms with E-state index >= 15 is 0 Å². The second-order valence-electron chi connectivity index (χ2n) is 5.26. The molecule has 2 N–H and O–H groups in total. The third kappa shape index (κ3) is 2.79. The van der Waals surface area contributed by atoms with E-state index in [0.29, 0.717) is 6.42 Å². The number of hydrogen-bond acceptors (Lipinski definition) is 2. The van der Waals surface area contributed by atoms with Crippen molar-refractivity contribution in [2.24, 2.45) is 0 Å². The van der Waals surface area contributed by atoms with Crippen molar-refractivity contribution in [3.8, 4) is 0 Å². The first kappa shape index (κ1) is 13.4.